The molecule has 2 aliphatic heterocycles. The van der Waals surface area contributed by atoms with Gasteiger partial charge < -0.3 is 18.9 Å². The first kappa shape index (κ1) is 18.2. The Morgan fingerprint density at radius 3 is 2.53 bits per heavy atom. The van der Waals surface area contributed by atoms with E-state index in [2.05, 4.69) is 0 Å². The van der Waals surface area contributed by atoms with Crippen LogP contribution in [0.1, 0.15) is 27.9 Å². The number of carbonyl (C=O) groups excluding carboxylic acids is 1. The van der Waals surface area contributed by atoms with Gasteiger partial charge in [-0.05, 0) is 23.8 Å². The summed E-state index contributed by atoms with van der Waals surface area (Å²) in [6, 6.07) is 19.0. The molecule has 2 aliphatic rings. The Hall–Kier alpha value is -3.80. The number of hydrogen-bond acceptors (Lipinski definition) is 6. The molecule has 2 heterocycles. The van der Waals surface area contributed by atoms with E-state index >= 15 is 0 Å². The molecule has 0 saturated heterocycles. The highest BCUT2D eigenvalue weighted by Gasteiger charge is 2.26. The number of aliphatic imine (C=N–C) groups is 1. The lowest BCUT2D eigenvalue weighted by atomic mass is 9.95. The third-order valence-corrected chi connectivity index (χ3v) is 5.07. The molecule has 0 fully saturated rings. The van der Waals surface area contributed by atoms with Gasteiger partial charge in [-0.1, -0.05) is 30.3 Å². The van der Waals surface area contributed by atoms with Crippen molar-refractivity contribution in [2.75, 3.05) is 13.9 Å². The van der Waals surface area contributed by atoms with Gasteiger partial charge in [0.05, 0.1) is 24.9 Å². The number of carbonyl (C=O) groups is 1. The van der Waals surface area contributed by atoms with Crippen molar-refractivity contribution < 1.29 is 23.7 Å². The number of methoxy groups -OCH3 is 1. The summed E-state index contributed by atoms with van der Waals surface area (Å²) in [6.45, 7) is 0.589. The molecule has 0 aromatic heterocycles. The van der Waals surface area contributed by atoms with E-state index in [1.165, 1.54) is 0 Å². The highest BCUT2D eigenvalue weighted by molar-refractivity contribution is 6.21. The molecule has 3 aromatic rings. The van der Waals surface area contributed by atoms with E-state index in [4.69, 9.17) is 23.9 Å². The van der Waals surface area contributed by atoms with Crippen LogP contribution in [0.15, 0.2) is 65.7 Å². The molecule has 0 bridgehead atoms. The number of ether oxygens (including phenoxy) is 4. The third kappa shape index (κ3) is 3.48. The third-order valence-electron chi connectivity index (χ3n) is 5.07. The van der Waals surface area contributed by atoms with Gasteiger partial charge in [0.25, 0.3) is 0 Å². The van der Waals surface area contributed by atoms with Crippen LogP contribution in [-0.4, -0.2) is 25.4 Å². The zero-order valence-corrected chi connectivity index (χ0v) is 16.4. The Morgan fingerprint density at radius 1 is 0.967 bits per heavy atom. The summed E-state index contributed by atoms with van der Waals surface area (Å²) in [7, 11) is 1.60. The molecule has 5 rings (SSSR count). The second-order valence-electron chi connectivity index (χ2n) is 7.05. The van der Waals surface area contributed by atoms with Gasteiger partial charge in [0.1, 0.15) is 18.1 Å². The summed E-state index contributed by atoms with van der Waals surface area (Å²) in [5.74, 6) is 2.47. The average Bonchev–Trinajstić information content (AvgIpc) is 3.24. The lowest BCUT2D eigenvalue weighted by molar-refractivity contribution is 0.0999. The minimum Gasteiger partial charge on any atom is -0.497 e. The first-order chi connectivity index (χ1) is 14.7. The van der Waals surface area contributed by atoms with Gasteiger partial charge in [0, 0.05) is 23.3 Å². The van der Waals surface area contributed by atoms with Crippen molar-refractivity contribution in [3.8, 4) is 23.0 Å². The number of Topliss-reactive ketones (excluding diaryl/α,β-unsaturated/α-hetero) is 1. The molecule has 0 spiro atoms. The largest absolute Gasteiger partial charge is 0.497 e. The highest BCUT2D eigenvalue weighted by Crippen LogP contribution is 2.41. The fraction of sp³-hybridized carbons (Fsp3) is 0.167. The van der Waals surface area contributed by atoms with Crippen LogP contribution < -0.4 is 18.9 Å². The molecule has 0 atom stereocenters. The van der Waals surface area contributed by atoms with Crippen molar-refractivity contribution in [1.82, 2.24) is 0 Å². The number of ketones is 1. The Balaban J connectivity index is 1.48. The highest BCUT2D eigenvalue weighted by atomic mass is 16.7. The Labute approximate surface area is 173 Å². The van der Waals surface area contributed by atoms with Gasteiger partial charge in [-0.2, -0.15) is 0 Å². The minimum atomic E-state index is -0.0112. The minimum absolute atomic E-state index is 0.0112. The summed E-state index contributed by atoms with van der Waals surface area (Å²) in [4.78, 5) is 17.5. The maximum atomic E-state index is 12.8. The molecule has 0 aliphatic carbocycles. The summed E-state index contributed by atoms with van der Waals surface area (Å²) in [5.41, 5.74) is 3.65. The van der Waals surface area contributed by atoms with Crippen LogP contribution in [0.25, 0.3) is 0 Å². The van der Waals surface area contributed by atoms with Gasteiger partial charge in [0.15, 0.2) is 17.3 Å². The topological polar surface area (TPSA) is 66.4 Å². The maximum Gasteiger partial charge on any atom is 0.231 e. The van der Waals surface area contributed by atoms with Crippen LogP contribution in [0.3, 0.4) is 0 Å². The predicted octanol–water partition coefficient (Wildman–Crippen LogP) is 4.71. The van der Waals surface area contributed by atoms with E-state index in [1.54, 1.807) is 19.2 Å². The lowest BCUT2D eigenvalue weighted by Crippen LogP contribution is -2.14. The summed E-state index contributed by atoms with van der Waals surface area (Å²) in [6.07, 6.45) is 0.192. The van der Waals surface area contributed by atoms with Crippen LogP contribution in [0.2, 0.25) is 0 Å². The molecule has 6 nitrogen and oxygen atoms in total. The van der Waals surface area contributed by atoms with Gasteiger partial charge in [-0.15, -0.1) is 0 Å². The summed E-state index contributed by atoms with van der Waals surface area (Å²) < 4.78 is 22.2. The molecule has 0 radical (unpaired) electrons. The van der Waals surface area contributed by atoms with Crippen LogP contribution >= 0.6 is 0 Å². The molecule has 0 N–H and O–H groups in total. The smallest absolute Gasteiger partial charge is 0.231 e. The van der Waals surface area contributed by atoms with E-state index in [0.717, 1.165) is 11.1 Å². The molecule has 30 heavy (non-hydrogen) atoms. The number of fused-ring (bicyclic) bond motifs is 2. The molecule has 0 saturated carbocycles. The van der Waals surface area contributed by atoms with Gasteiger partial charge >= 0.3 is 0 Å². The average molecular weight is 401 g/mol. The monoisotopic (exact) mass is 401 g/mol. The summed E-state index contributed by atoms with van der Waals surface area (Å²) >= 11 is 0. The first-order valence-corrected chi connectivity index (χ1v) is 9.60. The van der Waals surface area contributed by atoms with E-state index in [-0.39, 0.29) is 19.0 Å². The number of nitrogens with zero attached hydrogens (tertiary/aromatic N) is 1. The van der Waals surface area contributed by atoms with Crippen molar-refractivity contribution in [3.05, 3.63) is 77.4 Å². The second-order valence-corrected chi connectivity index (χ2v) is 7.05. The zero-order chi connectivity index (χ0) is 20.5. The van der Waals surface area contributed by atoms with Crippen molar-refractivity contribution in [2.45, 2.75) is 13.0 Å². The van der Waals surface area contributed by atoms with Gasteiger partial charge in [-0.25, -0.2) is 0 Å². The molecule has 6 heteroatoms. The fourth-order valence-electron chi connectivity index (χ4n) is 3.53. The zero-order valence-electron chi connectivity index (χ0n) is 16.4. The van der Waals surface area contributed by atoms with Crippen LogP contribution in [0.4, 0.5) is 5.69 Å². The molecular weight excluding hydrogens is 382 g/mol. The van der Waals surface area contributed by atoms with Crippen LogP contribution in [0.5, 0.6) is 23.0 Å². The fourth-order valence-corrected chi connectivity index (χ4v) is 3.53. The Kier molecular flexibility index (Phi) is 4.59. The van der Waals surface area contributed by atoms with Gasteiger partial charge in [-0.3, -0.25) is 9.79 Å². The van der Waals surface area contributed by atoms with Crippen molar-refractivity contribution in [3.63, 3.8) is 0 Å². The van der Waals surface area contributed by atoms with E-state index < -0.39 is 0 Å². The predicted molar refractivity (Wildman–Crippen MR) is 111 cm³/mol. The van der Waals surface area contributed by atoms with Gasteiger partial charge in [0.2, 0.25) is 6.79 Å². The number of hydrogen-bond donors (Lipinski definition) is 0. The Morgan fingerprint density at radius 2 is 1.73 bits per heavy atom. The molecule has 0 unspecified atom stereocenters. The van der Waals surface area contributed by atoms with E-state index in [9.17, 15) is 4.79 Å². The SMILES string of the molecule is COc1cc(OCc2ccccc2)cc(C2=Nc3cc4c(cc3C(=O)C2)OCO4)c1. The molecule has 150 valence electrons. The van der Waals surface area contributed by atoms with Crippen LogP contribution in [-0.2, 0) is 6.61 Å². The first-order valence-electron chi connectivity index (χ1n) is 9.60. The number of benzene rings is 3. The molecule has 0 amide bonds. The van der Waals surface area contributed by atoms with Crippen molar-refractivity contribution in [1.29, 1.82) is 0 Å². The molecular formula is C24H19NO5. The number of rotatable bonds is 5. The van der Waals surface area contributed by atoms with Crippen molar-refractivity contribution >= 4 is 17.2 Å². The van der Waals surface area contributed by atoms with E-state index in [1.807, 2.05) is 48.5 Å². The quantitative estimate of drug-likeness (QED) is 0.619. The second kappa shape index (κ2) is 7.55. The van der Waals surface area contributed by atoms with E-state index in [0.29, 0.717) is 46.6 Å². The standard InChI is InChI=1S/C24H19NO5/c1-27-17-7-16(8-18(9-17)28-13-15-5-3-2-4-6-15)20-11-22(26)19-10-23-24(30-14-29-23)12-21(19)25-20/h2-10,12H,11,13-14H2,1H3. The molecule has 3 aromatic carbocycles. The maximum absolute atomic E-state index is 12.8. The Bertz CT molecular complexity index is 1150. The summed E-state index contributed by atoms with van der Waals surface area (Å²) in [5, 5.41) is 0. The van der Waals surface area contributed by atoms with Crippen LogP contribution in [0, 0.1) is 0 Å². The van der Waals surface area contributed by atoms with Crippen molar-refractivity contribution in [2.24, 2.45) is 4.99 Å². The lowest BCUT2D eigenvalue weighted by Gasteiger charge is -2.17. The normalized spacial score (nSPS) is 14.2.